The van der Waals surface area contributed by atoms with Crippen LogP contribution < -0.4 is 5.73 Å². The van der Waals surface area contributed by atoms with E-state index in [1.165, 1.54) is 12.1 Å². The van der Waals surface area contributed by atoms with Gasteiger partial charge < -0.3 is 5.73 Å². The Morgan fingerprint density at radius 1 is 1.58 bits per heavy atom. The topological polar surface area (TPSA) is 43.1 Å². The maximum atomic E-state index is 12.9. The summed E-state index contributed by atoms with van der Waals surface area (Å²) in [6.45, 7) is 0. The number of primary amides is 1. The van der Waals surface area contributed by atoms with Crippen LogP contribution in [0.4, 0.5) is 4.39 Å². The lowest BCUT2D eigenvalue weighted by Gasteiger charge is -2.03. The van der Waals surface area contributed by atoms with Crippen LogP contribution in [0, 0.1) is 9.39 Å². The third-order valence-corrected chi connectivity index (χ3v) is 3.01. The zero-order valence-corrected chi connectivity index (χ0v) is 9.52. The second kappa shape index (κ2) is 3.69. The fraction of sp³-hybridized carbons (Fsp3) is 0. The van der Waals surface area contributed by atoms with Gasteiger partial charge in [-0.05, 0) is 50.7 Å². The first-order chi connectivity index (χ1) is 5.54. The molecular weight excluding hydrogens is 340 g/mol. The first kappa shape index (κ1) is 9.91. The maximum Gasteiger partial charge on any atom is 0.251 e. The highest BCUT2D eigenvalue weighted by Crippen LogP contribution is 2.24. The third kappa shape index (κ3) is 1.77. The molecule has 1 rings (SSSR count). The van der Waals surface area contributed by atoms with Crippen LogP contribution in [0.15, 0.2) is 16.6 Å². The first-order valence-corrected chi connectivity index (χ1v) is 4.84. The molecule has 5 heteroatoms. The van der Waals surface area contributed by atoms with E-state index < -0.39 is 11.7 Å². The molecule has 0 atom stereocenters. The molecular formula is C7H4BrFINO. The Kier molecular flexibility index (Phi) is 3.05. The molecule has 1 aromatic rings. The molecule has 2 N–H and O–H groups in total. The van der Waals surface area contributed by atoms with E-state index in [4.69, 9.17) is 5.73 Å². The summed E-state index contributed by atoms with van der Waals surface area (Å²) in [4.78, 5) is 10.8. The van der Waals surface area contributed by atoms with Crippen molar-refractivity contribution in [1.29, 1.82) is 0 Å². The summed E-state index contributed by atoms with van der Waals surface area (Å²) in [5.74, 6) is -1.07. The summed E-state index contributed by atoms with van der Waals surface area (Å²) in [7, 11) is 0. The molecule has 0 fully saturated rings. The molecule has 0 aliphatic heterocycles. The summed E-state index contributed by atoms with van der Waals surface area (Å²) in [6, 6.07) is 2.73. The Labute approximate surface area is 90.6 Å². The molecule has 0 aliphatic rings. The van der Waals surface area contributed by atoms with Crippen molar-refractivity contribution in [3.8, 4) is 0 Å². The molecule has 0 spiro atoms. The number of hydrogen-bond donors (Lipinski definition) is 1. The Hall–Kier alpha value is -0.170. The van der Waals surface area contributed by atoms with Crippen LogP contribution in [-0.4, -0.2) is 5.91 Å². The Bertz CT molecular complexity index is 342. The van der Waals surface area contributed by atoms with Gasteiger partial charge in [0.25, 0.3) is 5.91 Å². The van der Waals surface area contributed by atoms with Crippen molar-refractivity contribution in [2.75, 3.05) is 0 Å². The number of benzene rings is 1. The fourth-order valence-corrected chi connectivity index (χ4v) is 2.39. The number of halogens is 3. The summed E-state index contributed by atoms with van der Waals surface area (Å²) in [6.07, 6.45) is 0. The van der Waals surface area contributed by atoms with Gasteiger partial charge in [-0.2, -0.15) is 0 Å². The minimum Gasteiger partial charge on any atom is -0.366 e. The lowest BCUT2D eigenvalue weighted by Crippen LogP contribution is -2.14. The lowest BCUT2D eigenvalue weighted by atomic mass is 10.2. The summed E-state index contributed by atoms with van der Waals surface area (Å²) in [5, 5.41) is 0. The minimum absolute atomic E-state index is 0.190. The standard InChI is InChI=1S/C7H4BrFINO/c8-3-1-2-4(9)6(10)5(3)7(11)12/h1-2H,(H2,11,12). The lowest BCUT2D eigenvalue weighted by molar-refractivity contribution is 0.0998. The molecule has 1 aromatic carbocycles. The average Bonchev–Trinajstić information content (AvgIpc) is 1.97. The molecule has 2 nitrogen and oxygen atoms in total. The predicted molar refractivity (Wildman–Crippen MR) is 55.3 cm³/mol. The first-order valence-electron chi connectivity index (χ1n) is 2.97. The van der Waals surface area contributed by atoms with Crippen molar-refractivity contribution in [3.05, 3.63) is 31.6 Å². The van der Waals surface area contributed by atoms with E-state index in [0.29, 0.717) is 4.47 Å². The number of amides is 1. The predicted octanol–water partition coefficient (Wildman–Crippen LogP) is 2.29. The minimum atomic E-state index is -0.634. The van der Waals surface area contributed by atoms with E-state index >= 15 is 0 Å². The number of carbonyl (C=O) groups excluding carboxylic acids is 1. The van der Waals surface area contributed by atoms with Gasteiger partial charge in [-0.1, -0.05) is 0 Å². The highest BCUT2D eigenvalue weighted by atomic mass is 127. The summed E-state index contributed by atoms with van der Waals surface area (Å²) in [5.41, 5.74) is 5.23. The summed E-state index contributed by atoms with van der Waals surface area (Å²) < 4.78 is 13.6. The van der Waals surface area contributed by atoms with Gasteiger partial charge >= 0.3 is 0 Å². The molecule has 0 radical (unpaired) electrons. The molecule has 0 aliphatic carbocycles. The van der Waals surface area contributed by atoms with Gasteiger partial charge in [-0.25, -0.2) is 4.39 Å². The normalized spacial score (nSPS) is 9.92. The maximum absolute atomic E-state index is 12.9. The van der Waals surface area contributed by atoms with Gasteiger partial charge in [0.05, 0.1) is 9.13 Å². The van der Waals surface area contributed by atoms with Crippen LogP contribution in [0.5, 0.6) is 0 Å². The van der Waals surface area contributed by atoms with Crippen molar-refractivity contribution in [2.45, 2.75) is 0 Å². The van der Waals surface area contributed by atoms with E-state index in [9.17, 15) is 9.18 Å². The average molecular weight is 344 g/mol. The van der Waals surface area contributed by atoms with E-state index in [1.807, 2.05) is 0 Å². The van der Waals surface area contributed by atoms with Crippen molar-refractivity contribution in [2.24, 2.45) is 5.73 Å². The Morgan fingerprint density at radius 3 is 2.58 bits per heavy atom. The van der Waals surface area contributed by atoms with Gasteiger partial charge in [0.1, 0.15) is 5.82 Å². The Morgan fingerprint density at radius 2 is 2.17 bits per heavy atom. The molecule has 0 saturated heterocycles. The van der Waals surface area contributed by atoms with E-state index in [2.05, 4.69) is 15.9 Å². The quantitative estimate of drug-likeness (QED) is 0.617. The van der Waals surface area contributed by atoms with Crippen LogP contribution >= 0.6 is 38.5 Å². The third-order valence-electron chi connectivity index (χ3n) is 1.29. The number of carbonyl (C=O) groups is 1. The SMILES string of the molecule is NC(=O)c1c(Br)ccc(F)c1I. The number of rotatable bonds is 1. The molecule has 64 valence electrons. The van der Waals surface area contributed by atoms with Crippen molar-refractivity contribution < 1.29 is 9.18 Å². The molecule has 1 amide bonds. The van der Waals surface area contributed by atoms with Crippen molar-refractivity contribution in [3.63, 3.8) is 0 Å². The van der Waals surface area contributed by atoms with Gasteiger partial charge in [0, 0.05) is 4.47 Å². The van der Waals surface area contributed by atoms with Gasteiger partial charge in [-0.15, -0.1) is 0 Å². The van der Waals surface area contributed by atoms with E-state index in [-0.39, 0.29) is 9.13 Å². The molecule has 0 saturated carbocycles. The molecule has 12 heavy (non-hydrogen) atoms. The monoisotopic (exact) mass is 343 g/mol. The van der Waals surface area contributed by atoms with E-state index in [1.54, 1.807) is 22.6 Å². The zero-order chi connectivity index (χ0) is 9.30. The number of hydrogen-bond acceptors (Lipinski definition) is 1. The highest BCUT2D eigenvalue weighted by molar-refractivity contribution is 14.1. The van der Waals surface area contributed by atoms with Crippen LogP contribution in [0.1, 0.15) is 10.4 Å². The van der Waals surface area contributed by atoms with Crippen LogP contribution in [-0.2, 0) is 0 Å². The van der Waals surface area contributed by atoms with Crippen molar-refractivity contribution in [1.82, 2.24) is 0 Å². The summed E-state index contributed by atoms with van der Waals surface area (Å²) >= 11 is 4.85. The second-order valence-electron chi connectivity index (χ2n) is 2.08. The Balaban J connectivity index is 3.43. The smallest absolute Gasteiger partial charge is 0.251 e. The molecule has 0 heterocycles. The van der Waals surface area contributed by atoms with E-state index in [0.717, 1.165) is 0 Å². The highest BCUT2D eigenvalue weighted by Gasteiger charge is 2.13. The van der Waals surface area contributed by atoms with Crippen LogP contribution in [0.3, 0.4) is 0 Å². The number of nitrogens with two attached hydrogens (primary N) is 1. The molecule has 0 aromatic heterocycles. The fourth-order valence-electron chi connectivity index (χ4n) is 0.753. The van der Waals surface area contributed by atoms with Crippen LogP contribution in [0.2, 0.25) is 0 Å². The van der Waals surface area contributed by atoms with Gasteiger partial charge in [0.15, 0.2) is 0 Å². The van der Waals surface area contributed by atoms with Gasteiger partial charge in [0.2, 0.25) is 0 Å². The second-order valence-corrected chi connectivity index (χ2v) is 4.02. The van der Waals surface area contributed by atoms with Gasteiger partial charge in [-0.3, -0.25) is 4.79 Å². The molecule has 0 unspecified atom stereocenters. The van der Waals surface area contributed by atoms with Crippen molar-refractivity contribution >= 4 is 44.4 Å². The zero-order valence-electron chi connectivity index (χ0n) is 5.77. The molecule has 0 bridgehead atoms. The van der Waals surface area contributed by atoms with Crippen LogP contribution in [0.25, 0.3) is 0 Å². The largest absolute Gasteiger partial charge is 0.366 e.